The molecule has 114 valence electrons. The largest absolute Gasteiger partial charge is 0.497 e. The van der Waals surface area contributed by atoms with Crippen molar-refractivity contribution in [3.63, 3.8) is 0 Å². The summed E-state index contributed by atoms with van der Waals surface area (Å²) in [7, 11) is 2.93. The van der Waals surface area contributed by atoms with Crippen LogP contribution in [0.25, 0.3) is 0 Å². The predicted molar refractivity (Wildman–Crippen MR) is 78.3 cm³/mol. The molecule has 0 aliphatic carbocycles. The van der Waals surface area contributed by atoms with E-state index in [1.54, 1.807) is 24.1 Å². The normalized spacial score (nSPS) is 18.0. The predicted octanol–water partition coefficient (Wildman–Crippen LogP) is 2.11. The molecule has 21 heavy (non-hydrogen) atoms. The molecule has 1 aromatic carbocycles. The number of nitrogens with zero attached hydrogens (tertiary/aromatic N) is 1. The minimum Gasteiger partial charge on any atom is -0.497 e. The fraction of sp³-hybridized carbons (Fsp3) is 0.467. The summed E-state index contributed by atoms with van der Waals surface area (Å²) in [5, 5.41) is 2.87. The molecular weight excluding hydrogens is 272 g/mol. The van der Waals surface area contributed by atoms with Gasteiger partial charge in [0.15, 0.2) is 0 Å². The van der Waals surface area contributed by atoms with Crippen LogP contribution in [0, 0.1) is 5.92 Å². The molecule has 0 bridgehead atoms. The number of piperidine rings is 1. The standard InChI is InChI=1S/C15H20N2O4/c1-20-13-7-3-6-12(9-13)16-14(18)11-5-4-8-17(10-11)15(19)21-2/h3,6-7,9,11H,4-5,8,10H2,1-2H3,(H,16,18). The van der Waals surface area contributed by atoms with Crippen molar-refractivity contribution >= 4 is 17.7 Å². The van der Waals surface area contributed by atoms with Crippen LogP contribution in [0.15, 0.2) is 24.3 Å². The van der Waals surface area contributed by atoms with Gasteiger partial charge in [-0.15, -0.1) is 0 Å². The SMILES string of the molecule is COC(=O)N1CCCC(C(=O)Nc2cccc(OC)c2)C1. The number of amides is 2. The van der Waals surface area contributed by atoms with Crippen molar-refractivity contribution in [2.24, 2.45) is 5.92 Å². The molecule has 1 fully saturated rings. The van der Waals surface area contributed by atoms with Gasteiger partial charge in [0.05, 0.1) is 20.1 Å². The maximum absolute atomic E-state index is 12.3. The lowest BCUT2D eigenvalue weighted by Gasteiger charge is -2.30. The number of hydrogen-bond donors (Lipinski definition) is 1. The number of ether oxygens (including phenoxy) is 2. The Kier molecular flexibility index (Phi) is 5.03. The van der Waals surface area contributed by atoms with Crippen LogP contribution in [0.2, 0.25) is 0 Å². The van der Waals surface area contributed by atoms with Crippen LogP contribution in [-0.2, 0) is 9.53 Å². The molecule has 0 radical (unpaired) electrons. The zero-order valence-corrected chi connectivity index (χ0v) is 12.3. The molecule has 1 aromatic rings. The third kappa shape index (κ3) is 3.87. The van der Waals surface area contributed by atoms with Crippen molar-refractivity contribution in [3.05, 3.63) is 24.3 Å². The van der Waals surface area contributed by atoms with Crippen molar-refractivity contribution < 1.29 is 19.1 Å². The van der Waals surface area contributed by atoms with Crippen LogP contribution in [0.1, 0.15) is 12.8 Å². The van der Waals surface area contributed by atoms with Gasteiger partial charge >= 0.3 is 6.09 Å². The van der Waals surface area contributed by atoms with E-state index < -0.39 is 0 Å². The Morgan fingerprint density at radius 1 is 1.33 bits per heavy atom. The molecule has 0 aromatic heterocycles. The van der Waals surface area contributed by atoms with E-state index in [9.17, 15) is 9.59 Å². The van der Waals surface area contributed by atoms with Crippen molar-refractivity contribution in [2.75, 3.05) is 32.6 Å². The first-order valence-electron chi connectivity index (χ1n) is 6.92. The van der Waals surface area contributed by atoms with E-state index >= 15 is 0 Å². The van der Waals surface area contributed by atoms with Crippen molar-refractivity contribution in [1.82, 2.24) is 4.90 Å². The fourth-order valence-electron chi connectivity index (χ4n) is 2.43. The molecule has 1 heterocycles. The van der Waals surface area contributed by atoms with Crippen LogP contribution in [-0.4, -0.2) is 44.2 Å². The number of likely N-dealkylation sites (tertiary alicyclic amines) is 1. The number of nitrogens with one attached hydrogen (secondary N) is 1. The van der Waals surface area contributed by atoms with Gasteiger partial charge in [-0.3, -0.25) is 4.79 Å². The van der Waals surface area contributed by atoms with E-state index in [1.165, 1.54) is 7.11 Å². The Balaban J connectivity index is 1.97. The number of methoxy groups -OCH3 is 2. The Hall–Kier alpha value is -2.24. The Bertz CT molecular complexity index is 518. The van der Waals surface area contributed by atoms with Gasteiger partial charge in [-0.2, -0.15) is 0 Å². The third-order valence-electron chi connectivity index (χ3n) is 3.56. The second kappa shape index (κ2) is 6.97. The summed E-state index contributed by atoms with van der Waals surface area (Å²) in [6.45, 7) is 1.03. The number of carbonyl (C=O) groups is 2. The smallest absolute Gasteiger partial charge is 0.409 e. The first kappa shape index (κ1) is 15.2. The Labute approximate surface area is 124 Å². The summed E-state index contributed by atoms with van der Waals surface area (Å²) >= 11 is 0. The average molecular weight is 292 g/mol. The van der Waals surface area contributed by atoms with Gasteiger partial charge in [0.1, 0.15) is 5.75 Å². The van der Waals surface area contributed by atoms with E-state index in [1.807, 2.05) is 12.1 Å². The van der Waals surface area contributed by atoms with Crippen LogP contribution >= 0.6 is 0 Å². The second-order valence-electron chi connectivity index (χ2n) is 4.98. The number of benzene rings is 1. The lowest BCUT2D eigenvalue weighted by molar-refractivity contribution is -0.121. The minimum absolute atomic E-state index is 0.0862. The Morgan fingerprint density at radius 3 is 2.86 bits per heavy atom. The van der Waals surface area contributed by atoms with Gasteiger partial charge in [0, 0.05) is 24.8 Å². The van der Waals surface area contributed by atoms with Crippen LogP contribution in [0.5, 0.6) is 5.75 Å². The Morgan fingerprint density at radius 2 is 2.14 bits per heavy atom. The second-order valence-corrected chi connectivity index (χ2v) is 4.98. The summed E-state index contributed by atoms with van der Waals surface area (Å²) in [6.07, 6.45) is 1.18. The zero-order valence-electron chi connectivity index (χ0n) is 12.3. The highest BCUT2D eigenvalue weighted by Crippen LogP contribution is 2.21. The molecule has 1 N–H and O–H groups in total. The molecule has 6 heteroatoms. The summed E-state index contributed by atoms with van der Waals surface area (Å²) in [5.74, 6) is 0.383. The minimum atomic E-state index is -0.381. The summed E-state index contributed by atoms with van der Waals surface area (Å²) in [6, 6.07) is 7.20. The lowest BCUT2D eigenvalue weighted by atomic mass is 9.97. The molecule has 1 aliphatic heterocycles. The maximum Gasteiger partial charge on any atom is 0.409 e. The molecule has 6 nitrogen and oxygen atoms in total. The van der Waals surface area contributed by atoms with Crippen LogP contribution in [0.4, 0.5) is 10.5 Å². The van der Waals surface area contributed by atoms with E-state index in [0.29, 0.717) is 24.5 Å². The van der Waals surface area contributed by atoms with E-state index in [0.717, 1.165) is 12.8 Å². The summed E-state index contributed by atoms with van der Waals surface area (Å²) in [4.78, 5) is 25.4. The molecule has 0 saturated carbocycles. The van der Waals surface area contributed by atoms with E-state index in [-0.39, 0.29) is 17.9 Å². The molecular formula is C15H20N2O4. The molecule has 1 saturated heterocycles. The third-order valence-corrected chi connectivity index (χ3v) is 3.56. The van der Waals surface area contributed by atoms with Gasteiger partial charge in [-0.25, -0.2) is 4.79 Å². The van der Waals surface area contributed by atoms with Crippen LogP contribution < -0.4 is 10.1 Å². The number of carbonyl (C=O) groups excluding carboxylic acids is 2. The highest BCUT2D eigenvalue weighted by Gasteiger charge is 2.28. The number of anilines is 1. The quantitative estimate of drug-likeness (QED) is 0.926. The topological polar surface area (TPSA) is 67.9 Å². The first-order valence-corrected chi connectivity index (χ1v) is 6.92. The van der Waals surface area contributed by atoms with Gasteiger partial charge < -0.3 is 19.7 Å². The molecule has 2 amide bonds. The summed E-state index contributed by atoms with van der Waals surface area (Å²) in [5.41, 5.74) is 0.689. The van der Waals surface area contributed by atoms with Gasteiger partial charge in [-0.1, -0.05) is 6.07 Å². The van der Waals surface area contributed by atoms with E-state index in [2.05, 4.69) is 5.32 Å². The molecule has 0 spiro atoms. The lowest BCUT2D eigenvalue weighted by Crippen LogP contribution is -2.43. The van der Waals surface area contributed by atoms with Crippen LogP contribution in [0.3, 0.4) is 0 Å². The molecule has 1 aliphatic rings. The van der Waals surface area contributed by atoms with Crippen molar-refractivity contribution in [1.29, 1.82) is 0 Å². The van der Waals surface area contributed by atoms with Gasteiger partial charge in [-0.05, 0) is 25.0 Å². The fourth-order valence-corrected chi connectivity index (χ4v) is 2.43. The number of rotatable bonds is 3. The molecule has 1 unspecified atom stereocenters. The van der Waals surface area contributed by atoms with E-state index in [4.69, 9.17) is 9.47 Å². The van der Waals surface area contributed by atoms with Gasteiger partial charge in [0.2, 0.25) is 5.91 Å². The van der Waals surface area contributed by atoms with Crippen molar-refractivity contribution in [2.45, 2.75) is 12.8 Å². The first-order chi connectivity index (χ1) is 10.1. The highest BCUT2D eigenvalue weighted by atomic mass is 16.5. The number of hydrogen-bond acceptors (Lipinski definition) is 4. The average Bonchev–Trinajstić information content (AvgIpc) is 2.54. The van der Waals surface area contributed by atoms with Crippen molar-refractivity contribution in [3.8, 4) is 5.75 Å². The monoisotopic (exact) mass is 292 g/mol. The molecule has 1 atom stereocenters. The maximum atomic E-state index is 12.3. The zero-order chi connectivity index (χ0) is 15.2. The molecule has 2 rings (SSSR count). The highest BCUT2D eigenvalue weighted by molar-refractivity contribution is 5.93. The summed E-state index contributed by atoms with van der Waals surface area (Å²) < 4.78 is 9.83. The van der Waals surface area contributed by atoms with Gasteiger partial charge in [0.25, 0.3) is 0 Å².